The number of rotatable bonds is 8. The minimum atomic E-state index is -0.565. The first-order chi connectivity index (χ1) is 11.1. The summed E-state index contributed by atoms with van der Waals surface area (Å²) in [5.74, 6) is 1.65. The van der Waals surface area contributed by atoms with Crippen LogP contribution in [0, 0.1) is 0 Å². The van der Waals surface area contributed by atoms with Crippen LogP contribution in [0.1, 0.15) is 24.2 Å². The Bertz CT molecular complexity index is 615. The van der Waals surface area contributed by atoms with Crippen molar-refractivity contribution in [2.45, 2.75) is 25.5 Å². The predicted molar refractivity (Wildman–Crippen MR) is 92.1 cm³/mol. The fourth-order valence-electron chi connectivity index (χ4n) is 2.55. The molecule has 0 aliphatic heterocycles. The number of methoxy groups -OCH3 is 2. The van der Waals surface area contributed by atoms with Gasteiger partial charge >= 0.3 is 0 Å². The smallest absolute Gasteiger partial charge is 0.122 e. The Balaban J connectivity index is 1.89. The second-order valence-electron chi connectivity index (χ2n) is 5.62. The zero-order valence-electron chi connectivity index (χ0n) is 14.0. The molecule has 23 heavy (non-hydrogen) atoms. The Morgan fingerprint density at radius 3 is 2.57 bits per heavy atom. The molecule has 2 aromatic carbocycles. The number of ether oxygens (including phenoxy) is 2. The summed E-state index contributed by atoms with van der Waals surface area (Å²) in [5.41, 5.74) is 2.01. The molecule has 0 amide bonds. The Kier molecular flexibility index (Phi) is 6.44. The van der Waals surface area contributed by atoms with Crippen LogP contribution in [-0.2, 0) is 6.42 Å². The Hall–Kier alpha value is -2.04. The van der Waals surface area contributed by atoms with E-state index in [0.29, 0.717) is 6.54 Å². The van der Waals surface area contributed by atoms with Crippen LogP contribution in [0.15, 0.2) is 48.5 Å². The van der Waals surface area contributed by atoms with Gasteiger partial charge in [0.1, 0.15) is 11.5 Å². The number of nitrogens with one attached hydrogen (secondary N) is 1. The van der Waals surface area contributed by atoms with Crippen molar-refractivity contribution >= 4 is 0 Å². The molecule has 2 unspecified atom stereocenters. The molecule has 2 N–H and O–H groups in total. The van der Waals surface area contributed by atoms with Crippen molar-refractivity contribution in [1.29, 1.82) is 0 Å². The van der Waals surface area contributed by atoms with E-state index < -0.39 is 6.10 Å². The number of hydrogen-bond acceptors (Lipinski definition) is 4. The molecular formula is C19H25NO3. The van der Waals surface area contributed by atoms with Gasteiger partial charge in [0.15, 0.2) is 0 Å². The van der Waals surface area contributed by atoms with Gasteiger partial charge in [-0.25, -0.2) is 0 Å². The molecule has 0 aromatic heterocycles. The molecule has 0 fully saturated rings. The quantitative estimate of drug-likeness (QED) is 0.786. The summed E-state index contributed by atoms with van der Waals surface area (Å²) in [4.78, 5) is 0. The number of aliphatic hydroxyl groups is 1. The largest absolute Gasteiger partial charge is 0.497 e. The highest BCUT2D eigenvalue weighted by molar-refractivity contribution is 5.34. The summed E-state index contributed by atoms with van der Waals surface area (Å²) in [7, 11) is 3.31. The molecule has 0 saturated heterocycles. The fraction of sp³-hybridized carbons (Fsp3) is 0.368. The number of benzene rings is 2. The van der Waals surface area contributed by atoms with Crippen molar-refractivity contribution in [2.24, 2.45) is 0 Å². The molecule has 4 nitrogen and oxygen atoms in total. The van der Waals surface area contributed by atoms with E-state index in [0.717, 1.165) is 29.0 Å². The van der Waals surface area contributed by atoms with E-state index in [1.165, 1.54) is 0 Å². The first kappa shape index (κ1) is 17.3. The van der Waals surface area contributed by atoms with Gasteiger partial charge in [-0.1, -0.05) is 30.3 Å². The second-order valence-corrected chi connectivity index (χ2v) is 5.62. The van der Waals surface area contributed by atoms with E-state index in [-0.39, 0.29) is 6.04 Å². The fourth-order valence-corrected chi connectivity index (χ4v) is 2.55. The average molecular weight is 315 g/mol. The molecular weight excluding hydrogens is 290 g/mol. The van der Waals surface area contributed by atoms with Crippen molar-refractivity contribution in [1.82, 2.24) is 5.32 Å². The van der Waals surface area contributed by atoms with Crippen molar-refractivity contribution < 1.29 is 14.6 Å². The highest BCUT2D eigenvalue weighted by Gasteiger charge is 2.12. The summed E-state index contributed by atoms with van der Waals surface area (Å²) in [6.45, 7) is 2.59. The summed E-state index contributed by atoms with van der Waals surface area (Å²) >= 11 is 0. The summed E-state index contributed by atoms with van der Waals surface area (Å²) < 4.78 is 10.6. The third kappa shape index (κ3) is 4.98. The Morgan fingerprint density at radius 2 is 1.83 bits per heavy atom. The Morgan fingerprint density at radius 1 is 1.04 bits per heavy atom. The molecule has 0 aliphatic carbocycles. The van der Waals surface area contributed by atoms with E-state index in [4.69, 9.17) is 9.47 Å². The van der Waals surface area contributed by atoms with Gasteiger partial charge in [-0.15, -0.1) is 0 Å². The highest BCUT2D eigenvalue weighted by Crippen LogP contribution is 2.20. The zero-order valence-corrected chi connectivity index (χ0v) is 14.0. The maximum Gasteiger partial charge on any atom is 0.122 e. The maximum atomic E-state index is 10.3. The third-order valence-electron chi connectivity index (χ3n) is 3.86. The summed E-state index contributed by atoms with van der Waals surface area (Å²) in [6.07, 6.45) is 0.277. The molecule has 0 radical (unpaired) electrons. The number of para-hydroxylation sites is 1. The van der Waals surface area contributed by atoms with Gasteiger partial charge in [-0.3, -0.25) is 0 Å². The number of hydrogen-bond donors (Lipinski definition) is 2. The van der Waals surface area contributed by atoms with Crippen molar-refractivity contribution in [3.63, 3.8) is 0 Å². The minimum Gasteiger partial charge on any atom is -0.497 e. The lowest BCUT2D eigenvalue weighted by Gasteiger charge is -2.19. The molecule has 0 spiro atoms. The minimum absolute atomic E-state index is 0.228. The van der Waals surface area contributed by atoms with E-state index in [1.54, 1.807) is 14.2 Å². The highest BCUT2D eigenvalue weighted by atomic mass is 16.5. The van der Waals surface area contributed by atoms with E-state index in [2.05, 4.69) is 18.3 Å². The van der Waals surface area contributed by atoms with Crippen LogP contribution in [-0.4, -0.2) is 31.9 Å². The van der Waals surface area contributed by atoms with Crippen molar-refractivity contribution in [3.05, 3.63) is 59.7 Å². The average Bonchev–Trinajstić information content (AvgIpc) is 2.60. The Labute approximate surface area is 138 Å². The SMILES string of the molecule is COc1cccc(C(O)CNC(C)Cc2ccccc2OC)c1. The second kappa shape index (κ2) is 8.56. The summed E-state index contributed by atoms with van der Waals surface area (Å²) in [6, 6.07) is 15.7. The standard InChI is InChI=1S/C19H25NO3/c1-14(11-16-7-4-5-10-19(16)23-3)20-13-18(21)15-8-6-9-17(12-15)22-2/h4-10,12,14,18,20-21H,11,13H2,1-3H3. The maximum absolute atomic E-state index is 10.3. The molecule has 124 valence electrons. The van der Waals surface area contributed by atoms with Crippen LogP contribution in [0.5, 0.6) is 11.5 Å². The van der Waals surface area contributed by atoms with Gasteiger partial charge in [0.2, 0.25) is 0 Å². The van der Waals surface area contributed by atoms with Crippen LogP contribution in [0.4, 0.5) is 0 Å². The van der Waals surface area contributed by atoms with Gasteiger partial charge < -0.3 is 19.9 Å². The van der Waals surface area contributed by atoms with Crippen LogP contribution in [0.25, 0.3) is 0 Å². The molecule has 2 atom stereocenters. The van der Waals surface area contributed by atoms with Gasteiger partial charge in [-0.05, 0) is 42.7 Å². The van der Waals surface area contributed by atoms with Crippen LogP contribution in [0.3, 0.4) is 0 Å². The predicted octanol–water partition coefficient (Wildman–Crippen LogP) is 2.96. The van der Waals surface area contributed by atoms with Gasteiger partial charge in [0.25, 0.3) is 0 Å². The van der Waals surface area contributed by atoms with Gasteiger partial charge in [0, 0.05) is 12.6 Å². The first-order valence-corrected chi connectivity index (χ1v) is 7.81. The molecule has 0 bridgehead atoms. The van der Waals surface area contributed by atoms with Crippen molar-refractivity contribution in [3.8, 4) is 11.5 Å². The first-order valence-electron chi connectivity index (χ1n) is 7.81. The molecule has 2 aromatic rings. The molecule has 2 rings (SSSR count). The monoisotopic (exact) mass is 315 g/mol. The van der Waals surface area contributed by atoms with Crippen molar-refractivity contribution in [2.75, 3.05) is 20.8 Å². The van der Waals surface area contributed by atoms with Crippen LogP contribution >= 0.6 is 0 Å². The van der Waals surface area contributed by atoms with E-state index in [1.807, 2.05) is 42.5 Å². The molecule has 0 heterocycles. The van der Waals surface area contributed by atoms with Crippen LogP contribution < -0.4 is 14.8 Å². The van der Waals surface area contributed by atoms with Gasteiger partial charge in [0.05, 0.1) is 20.3 Å². The normalized spacial score (nSPS) is 13.4. The third-order valence-corrected chi connectivity index (χ3v) is 3.86. The topological polar surface area (TPSA) is 50.7 Å². The number of aliphatic hydroxyl groups excluding tert-OH is 1. The van der Waals surface area contributed by atoms with E-state index in [9.17, 15) is 5.11 Å². The lowest BCUT2D eigenvalue weighted by molar-refractivity contribution is 0.170. The molecule has 0 aliphatic rings. The molecule has 4 heteroatoms. The zero-order chi connectivity index (χ0) is 16.7. The summed E-state index contributed by atoms with van der Waals surface area (Å²) in [5, 5.41) is 13.7. The lowest BCUT2D eigenvalue weighted by Crippen LogP contribution is -2.32. The molecule has 0 saturated carbocycles. The van der Waals surface area contributed by atoms with E-state index >= 15 is 0 Å². The van der Waals surface area contributed by atoms with Crippen LogP contribution in [0.2, 0.25) is 0 Å². The van der Waals surface area contributed by atoms with Gasteiger partial charge in [-0.2, -0.15) is 0 Å². The lowest BCUT2D eigenvalue weighted by atomic mass is 10.0.